The summed E-state index contributed by atoms with van der Waals surface area (Å²) in [5.41, 5.74) is -11.8. The van der Waals surface area contributed by atoms with Gasteiger partial charge in [-0.2, -0.15) is 0 Å². The summed E-state index contributed by atoms with van der Waals surface area (Å²) in [6, 6.07) is 3.17. The van der Waals surface area contributed by atoms with E-state index >= 15 is 35.1 Å². The van der Waals surface area contributed by atoms with Crippen LogP contribution in [0.2, 0.25) is 0 Å². The fraction of sp³-hybridized carbons (Fsp3) is 0.400. The van der Waals surface area contributed by atoms with Crippen molar-refractivity contribution in [2.75, 3.05) is 0 Å². The van der Waals surface area contributed by atoms with Crippen molar-refractivity contribution in [1.29, 1.82) is 0 Å². The molecule has 1 fully saturated rings. The van der Waals surface area contributed by atoms with E-state index in [2.05, 4.69) is 27.7 Å². The predicted octanol–water partition coefficient (Wildman–Crippen LogP) is 7.99. The van der Waals surface area contributed by atoms with Crippen LogP contribution in [0.1, 0.15) is 82.1 Å². The van der Waals surface area contributed by atoms with Crippen molar-refractivity contribution in [2.24, 2.45) is 0 Å². The largest absolute Gasteiger partial charge is 0.329 e. The highest BCUT2D eigenvalue weighted by Gasteiger charge is 2.48. The van der Waals surface area contributed by atoms with Crippen molar-refractivity contribution in [3.63, 3.8) is 0 Å². The van der Waals surface area contributed by atoms with Crippen LogP contribution in [-0.4, -0.2) is 24.3 Å². The Morgan fingerprint density at radius 3 is 0.889 bits per heavy atom. The van der Waals surface area contributed by atoms with E-state index in [0.29, 0.717) is 0 Å². The zero-order chi connectivity index (χ0) is 40.7. The molecule has 1 N–H and O–H groups in total. The van der Waals surface area contributed by atoms with Crippen molar-refractivity contribution >= 4 is 28.0 Å². The minimum atomic E-state index is -5.51. The first-order valence-electron chi connectivity index (χ1n) is 17.7. The Bertz CT molecular complexity index is 1790. The fourth-order valence-corrected chi connectivity index (χ4v) is 8.41. The molecule has 4 aromatic rings. The topological polar surface area (TPSA) is 4.44 Å². The summed E-state index contributed by atoms with van der Waals surface area (Å²) < 4.78 is 186. The minimum Gasteiger partial charge on any atom is -0.329 e. The van der Waals surface area contributed by atoms with Crippen LogP contribution in [0.25, 0.3) is 0 Å². The average molecular weight is 776 g/mol. The maximum absolute atomic E-state index is 15.8. The van der Waals surface area contributed by atoms with Gasteiger partial charge in [0.25, 0.3) is 0 Å². The van der Waals surface area contributed by atoms with Crippen LogP contribution >= 0.6 is 0 Å². The molecule has 0 spiro atoms. The summed E-state index contributed by atoms with van der Waals surface area (Å²) in [6.07, 6.45) is 1.82. The zero-order valence-corrected chi connectivity index (χ0v) is 31.2. The highest BCUT2D eigenvalue weighted by Crippen LogP contribution is 2.28. The lowest BCUT2D eigenvalue weighted by Gasteiger charge is -2.45. The average Bonchev–Trinajstić information content (AvgIpc) is 3.08. The number of nitrogens with one attached hydrogen (secondary N) is 1. The maximum atomic E-state index is 15.8. The Hall–Kier alpha value is -3.94. The summed E-state index contributed by atoms with van der Waals surface area (Å²) >= 11 is 0. The molecule has 0 aromatic heterocycles. The third-order valence-corrected chi connectivity index (χ3v) is 10.6. The monoisotopic (exact) mass is 775 g/mol. The summed E-state index contributed by atoms with van der Waals surface area (Å²) in [5.74, 6) is -26.3. The number of hydrogen-bond donors (Lipinski definition) is 1. The molecule has 4 aromatic carbocycles. The summed E-state index contributed by atoms with van der Waals surface area (Å²) in [4.78, 5) is 1.83. The fourth-order valence-electron chi connectivity index (χ4n) is 8.41. The second kappa shape index (κ2) is 16.4. The Morgan fingerprint density at radius 1 is 0.426 bits per heavy atom. The van der Waals surface area contributed by atoms with Crippen LogP contribution in [0.3, 0.4) is 0 Å². The van der Waals surface area contributed by atoms with Crippen molar-refractivity contribution in [1.82, 2.24) is 0 Å². The molecule has 294 valence electrons. The van der Waals surface area contributed by atoms with E-state index in [4.69, 9.17) is 0 Å². The van der Waals surface area contributed by atoms with Crippen LogP contribution in [0.4, 0.5) is 52.7 Å². The van der Waals surface area contributed by atoms with Gasteiger partial charge in [-0.15, -0.1) is 21.9 Å². The quantitative estimate of drug-likeness (QED) is 0.110. The molecule has 1 aliphatic carbocycles. The minimum absolute atomic E-state index is 0.158. The van der Waals surface area contributed by atoms with Crippen LogP contribution in [0.15, 0.2) is 24.3 Å². The van der Waals surface area contributed by atoms with Crippen LogP contribution < -0.4 is 26.8 Å². The van der Waals surface area contributed by atoms with E-state index in [-0.39, 0.29) is 24.3 Å². The van der Waals surface area contributed by atoms with Gasteiger partial charge in [-0.05, 0) is 128 Å². The molecular weight excluding hydrogens is 733 g/mol. The van der Waals surface area contributed by atoms with Gasteiger partial charge < -0.3 is 4.90 Å². The first kappa shape index (κ1) is 42.8. The second-order valence-corrected chi connectivity index (χ2v) is 14.9. The summed E-state index contributed by atoms with van der Waals surface area (Å²) in [6.45, 7) is 12.7. The van der Waals surface area contributed by atoms with Gasteiger partial charge in [-0.25, -0.2) is 52.7 Å². The van der Waals surface area contributed by atoms with Gasteiger partial charge >= 0.3 is 0 Å². The van der Waals surface area contributed by atoms with E-state index in [0.717, 1.165) is 45.8 Å². The Kier molecular flexibility index (Phi) is 13.0. The van der Waals surface area contributed by atoms with Crippen molar-refractivity contribution in [3.05, 3.63) is 116 Å². The molecule has 0 amide bonds. The van der Waals surface area contributed by atoms with Crippen LogP contribution in [-0.2, 0) is 0 Å². The number of quaternary nitrogens is 1. The van der Waals surface area contributed by atoms with E-state index in [1.54, 1.807) is 0 Å². The molecule has 0 unspecified atom stereocenters. The van der Waals surface area contributed by atoms with E-state index in [9.17, 15) is 17.6 Å². The maximum Gasteiger partial charge on any atom is 0.158 e. The smallest absolute Gasteiger partial charge is 0.158 e. The number of hydrogen-bond acceptors (Lipinski definition) is 0. The highest BCUT2D eigenvalue weighted by molar-refractivity contribution is 7.20. The third kappa shape index (κ3) is 7.39. The van der Waals surface area contributed by atoms with Crippen LogP contribution in [0.5, 0.6) is 0 Å². The predicted molar refractivity (Wildman–Crippen MR) is 187 cm³/mol. The molecule has 14 heteroatoms. The van der Waals surface area contributed by atoms with Crippen LogP contribution in [0, 0.1) is 97.5 Å². The lowest BCUT2D eigenvalue weighted by molar-refractivity contribution is -0.967. The van der Waals surface area contributed by atoms with Gasteiger partial charge in [0.2, 0.25) is 0 Å². The standard InChI is InChI=1S/C28H16BF12.C12H25N/c1-9-5-13(30)17(25(38)21(9)34)29(18-14(31)6-10(2)22(35)26(18)39,19-15(32)7-11(3)23(36)27(19)40)20-16(33)8-12(4)24(37)28(20)41;1-10(2)13(11(3)4)12-8-6-5-7-9-12/h5-8H,1-4H3;10-12H,5-9H2,1-4H3/q-1;/p+1. The van der Waals surface area contributed by atoms with E-state index in [1.807, 2.05) is 4.90 Å². The molecule has 54 heavy (non-hydrogen) atoms. The lowest BCUT2D eigenvalue weighted by Crippen LogP contribution is -3.21. The van der Waals surface area contributed by atoms with Gasteiger partial charge in [0.1, 0.15) is 29.4 Å². The first-order chi connectivity index (χ1) is 25.1. The Morgan fingerprint density at radius 2 is 0.667 bits per heavy atom. The normalized spacial score (nSPS) is 14.0. The van der Waals surface area contributed by atoms with Gasteiger partial charge in [0.15, 0.2) is 23.3 Å². The zero-order valence-electron chi connectivity index (χ0n) is 31.2. The molecule has 0 bridgehead atoms. The molecule has 0 saturated heterocycles. The molecule has 0 heterocycles. The van der Waals surface area contributed by atoms with E-state index < -0.39 is 120 Å². The van der Waals surface area contributed by atoms with Crippen molar-refractivity contribution in [2.45, 2.75) is 106 Å². The molecule has 0 atom stereocenters. The van der Waals surface area contributed by atoms with Gasteiger partial charge in [0.05, 0.1) is 41.4 Å². The first-order valence-corrected chi connectivity index (χ1v) is 17.7. The highest BCUT2D eigenvalue weighted by atomic mass is 19.2. The molecule has 5 rings (SSSR count). The second-order valence-electron chi connectivity index (χ2n) is 14.9. The molecule has 0 radical (unpaired) electrons. The van der Waals surface area contributed by atoms with Crippen molar-refractivity contribution in [3.8, 4) is 0 Å². The van der Waals surface area contributed by atoms with Gasteiger partial charge in [0, 0.05) is 0 Å². The Balaban J connectivity index is 0.000000422. The molecule has 1 saturated carbocycles. The van der Waals surface area contributed by atoms with E-state index in [1.165, 1.54) is 32.1 Å². The Labute approximate surface area is 307 Å². The SMILES string of the molecule is CC(C)[NH+](C(C)C)C1CCCCC1.Cc1cc(F)c([B-](c2c(F)cc(C)c(F)c2F)(c2c(F)cc(C)c(F)c2F)c2c(F)cc(C)c(F)c2F)c(F)c1F. The number of aryl methyl sites for hydroxylation is 4. The third-order valence-electron chi connectivity index (χ3n) is 10.6. The lowest BCUT2D eigenvalue weighted by atomic mass is 9.12. The van der Waals surface area contributed by atoms with Gasteiger partial charge in [-0.1, -0.05) is 6.42 Å². The molecule has 1 nitrogen and oxygen atoms in total. The molecule has 1 aliphatic rings. The molecular formula is C40H42BF12N. The number of halogens is 12. The molecule has 0 aliphatic heterocycles. The summed E-state index contributed by atoms with van der Waals surface area (Å²) in [5, 5.41) is 0. The number of rotatable bonds is 7. The van der Waals surface area contributed by atoms with Crippen molar-refractivity contribution < 1.29 is 57.6 Å². The van der Waals surface area contributed by atoms with Gasteiger partial charge in [-0.3, -0.25) is 0 Å². The summed E-state index contributed by atoms with van der Waals surface area (Å²) in [7, 11) is 0. The number of benzene rings is 4.